The van der Waals surface area contributed by atoms with Gasteiger partial charge in [0.05, 0.1) is 0 Å². The fourth-order valence-corrected chi connectivity index (χ4v) is 3.51. The standard InChI is InChI=1S/C20H30N2O3/c1-14-12-17-7-6-16(13-18(17)24-14)15(2)21-8-10-22(11-9-21)19(23)25-20(3,4)5/h6-7,13-15H,8-12H2,1-5H3/t14-,15?/m1/s1. The van der Waals surface area contributed by atoms with Gasteiger partial charge < -0.3 is 14.4 Å². The molecule has 138 valence electrons. The van der Waals surface area contributed by atoms with Crippen molar-refractivity contribution in [2.45, 2.75) is 58.8 Å². The number of amides is 1. The monoisotopic (exact) mass is 346 g/mol. The molecule has 2 aliphatic heterocycles. The zero-order valence-electron chi connectivity index (χ0n) is 16.0. The summed E-state index contributed by atoms with van der Waals surface area (Å²) in [6.07, 6.45) is 1.07. The Balaban J connectivity index is 1.58. The maximum Gasteiger partial charge on any atom is 0.410 e. The van der Waals surface area contributed by atoms with Gasteiger partial charge in [-0.1, -0.05) is 12.1 Å². The van der Waals surface area contributed by atoms with Gasteiger partial charge in [-0.25, -0.2) is 4.79 Å². The molecule has 2 atom stereocenters. The molecule has 0 spiro atoms. The molecule has 3 rings (SSSR count). The van der Waals surface area contributed by atoms with Crippen molar-refractivity contribution in [2.24, 2.45) is 0 Å². The summed E-state index contributed by atoms with van der Waals surface area (Å²) >= 11 is 0. The predicted octanol–water partition coefficient (Wildman–Crippen LogP) is 3.62. The number of hydrogen-bond acceptors (Lipinski definition) is 4. The van der Waals surface area contributed by atoms with Crippen molar-refractivity contribution in [1.82, 2.24) is 9.80 Å². The summed E-state index contributed by atoms with van der Waals surface area (Å²) in [6.45, 7) is 13.2. The molecule has 5 nitrogen and oxygen atoms in total. The molecule has 1 fully saturated rings. The molecular formula is C20H30N2O3. The van der Waals surface area contributed by atoms with Crippen molar-refractivity contribution >= 4 is 6.09 Å². The van der Waals surface area contributed by atoms with E-state index in [1.807, 2.05) is 25.7 Å². The van der Waals surface area contributed by atoms with Gasteiger partial charge in [0.2, 0.25) is 0 Å². The molecule has 1 saturated heterocycles. The lowest BCUT2D eigenvalue weighted by Gasteiger charge is -2.38. The molecule has 1 aromatic carbocycles. The van der Waals surface area contributed by atoms with E-state index in [-0.39, 0.29) is 12.2 Å². The van der Waals surface area contributed by atoms with Crippen molar-refractivity contribution in [3.05, 3.63) is 29.3 Å². The highest BCUT2D eigenvalue weighted by molar-refractivity contribution is 5.68. The van der Waals surface area contributed by atoms with Crippen molar-refractivity contribution in [2.75, 3.05) is 26.2 Å². The second-order valence-corrected chi connectivity index (χ2v) is 8.18. The summed E-state index contributed by atoms with van der Waals surface area (Å²) in [4.78, 5) is 16.4. The van der Waals surface area contributed by atoms with Crippen LogP contribution >= 0.6 is 0 Å². The second-order valence-electron chi connectivity index (χ2n) is 8.18. The Bertz CT molecular complexity index is 630. The van der Waals surface area contributed by atoms with E-state index in [0.29, 0.717) is 19.1 Å². The minimum Gasteiger partial charge on any atom is -0.490 e. The SMILES string of the molecule is CC(c1ccc2c(c1)O[C@H](C)C2)N1CCN(C(=O)OC(C)(C)C)CC1. The summed E-state index contributed by atoms with van der Waals surface area (Å²) in [7, 11) is 0. The molecule has 0 aliphatic carbocycles. The van der Waals surface area contributed by atoms with Crippen LogP contribution in [-0.2, 0) is 11.2 Å². The first-order valence-corrected chi connectivity index (χ1v) is 9.24. The molecule has 0 bridgehead atoms. The van der Waals surface area contributed by atoms with Gasteiger partial charge in [-0.2, -0.15) is 0 Å². The van der Waals surface area contributed by atoms with Crippen molar-refractivity contribution < 1.29 is 14.3 Å². The molecule has 2 aliphatic rings. The van der Waals surface area contributed by atoms with E-state index >= 15 is 0 Å². The van der Waals surface area contributed by atoms with Crippen LogP contribution in [-0.4, -0.2) is 53.8 Å². The maximum atomic E-state index is 12.2. The van der Waals surface area contributed by atoms with E-state index in [9.17, 15) is 4.79 Å². The number of hydrogen-bond donors (Lipinski definition) is 0. The zero-order valence-corrected chi connectivity index (χ0v) is 16.0. The third-order valence-corrected chi connectivity index (χ3v) is 4.92. The number of carbonyl (C=O) groups is 1. The van der Waals surface area contributed by atoms with Crippen LogP contribution in [0.5, 0.6) is 5.75 Å². The van der Waals surface area contributed by atoms with E-state index in [4.69, 9.17) is 9.47 Å². The maximum absolute atomic E-state index is 12.2. The Morgan fingerprint density at radius 3 is 2.56 bits per heavy atom. The molecular weight excluding hydrogens is 316 g/mol. The van der Waals surface area contributed by atoms with E-state index < -0.39 is 5.60 Å². The van der Waals surface area contributed by atoms with Gasteiger partial charge in [-0.3, -0.25) is 4.90 Å². The number of fused-ring (bicyclic) bond motifs is 1. The second kappa shape index (κ2) is 6.87. The molecule has 1 aromatic rings. The minimum atomic E-state index is -0.441. The lowest BCUT2D eigenvalue weighted by atomic mass is 10.0. The van der Waals surface area contributed by atoms with E-state index in [0.717, 1.165) is 25.3 Å². The van der Waals surface area contributed by atoms with Gasteiger partial charge in [0.15, 0.2) is 0 Å². The van der Waals surface area contributed by atoms with Crippen LogP contribution in [0.25, 0.3) is 0 Å². The highest BCUT2D eigenvalue weighted by Gasteiger charge is 2.28. The van der Waals surface area contributed by atoms with Crippen LogP contribution in [0.4, 0.5) is 4.79 Å². The Morgan fingerprint density at radius 2 is 1.92 bits per heavy atom. The molecule has 25 heavy (non-hydrogen) atoms. The summed E-state index contributed by atoms with van der Waals surface area (Å²) in [5, 5.41) is 0. The average Bonchev–Trinajstić information content (AvgIpc) is 2.91. The molecule has 0 aromatic heterocycles. The van der Waals surface area contributed by atoms with Gasteiger partial charge >= 0.3 is 6.09 Å². The normalized spacial score (nSPS) is 22.3. The van der Waals surface area contributed by atoms with E-state index in [2.05, 4.69) is 36.9 Å². The van der Waals surface area contributed by atoms with Gasteiger partial charge in [-0.05, 0) is 51.8 Å². The number of benzene rings is 1. The number of rotatable bonds is 2. The largest absolute Gasteiger partial charge is 0.490 e. The van der Waals surface area contributed by atoms with Gasteiger partial charge in [-0.15, -0.1) is 0 Å². The lowest BCUT2D eigenvalue weighted by molar-refractivity contribution is 0.0110. The van der Waals surface area contributed by atoms with Gasteiger partial charge in [0, 0.05) is 38.6 Å². The Hall–Kier alpha value is -1.75. The first-order chi connectivity index (χ1) is 11.7. The highest BCUT2D eigenvalue weighted by atomic mass is 16.6. The summed E-state index contributed by atoms with van der Waals surface area (Å²) in [5.74, 6) is 1.03. The van der Waals surface area contributed by atoms with Crippen molar-refractivity contribution in [3.8, 4) is 5.75 Å². The smallest absolute Gasteiger partial charge is 0.410 e. The topological polar surface area (TPSA) is 42.0 Å². The van der Waals surface area contributed by atoms with Crippen LogP contribution < -0.4 is 4.74 Å². The average molecular weight is 346 g/mol. The van der Waals surface area contributed by atoms with Crippen LogP contribution in [0.2, 0.25) is 0 Å². The van der Waals surface area contributed by atoms with E-state index in [1.165, 1.54) is 11.1 Å². The highest BCUT2D eigenvalue weighted by Crippen LogP contribution is 2.33. The van der Waals surface area contributed by atoms with Crippen LogP contribution in [0.1, 0.15) is 51.8 Å². The molecule has 1 amide bonds. The fraction of sp³-hybridized carbons (Fsp3) is 0.650. The van der Waals surface area contributed by atoms with Crippen molar-refractivity contribution in [3.63, 3.8) is 0 Å². The quantitative estimate of drug-likeness (QED) is 0.820. The Kier molecular flexibility index (Phi) is 4.96. The third kappa shape index (κ3) is 4.27. The van der Waals surface area contributed by atoms with Crippen LogP contribution in [0.3, 0.4) is 0 Å². The van der Waals surface area contributed by atoms with E-state index in [1.54, 1.807) is 0 Å². The first kappa shape index (κ1) is 18.1. The van der Waals surface area contributed by atoms with Crippen LogP contribution in [0.15, 0.2) is 18.2 Å². The molecule has 0 saturated carbocycles. The van der Waals surface area contributed by atoms with Crippen molar-refractivity contribution in [1.29, 1.82) is 0 Å². The summed E-state index contributed by atoms with van der Waals surface area (Å²) in [5.41, 5.74) is 2.14. The molecule has 2 heterocycles. The third-order valence-electron chi connectivity index (χ3n) is 4.92. The summed E-state index contributed by atoms with van der Waals surface area (Å²) < 4.78 is 11.4. The molecule has 0 radical (unpaired) electrons. The van der Waals surface area contributed by atoms with Gasteiger partial charge in [0.1, 0.15) is 17.5 Å². The first-order valence-electron chi connectivity index (χ1n) is 9.24. The fourth-order valence-electron chi connectivity index (χ4n) is 3.51. The number of nitrogens with zero attached hydrogens (tertiary/aromatic N) is 2. The Morgan fingerprint density at radius 1 is 1.24 bits per heavy atom. The summed E-state index contributed by atoms with van der Waals surface area (Å²) in [6, 6.07) is 6.90. The zero-order chi connectivity index (χ0) is 18.2. The van der Waals surface area contributed by atoms with Crippen LogP contribution in [0, 0.1) is 0 Å². The number of ether oxygens (including phenoxy) is 2. The molecule has 0 N–H and O–H groups in total. The molecule has 5 heteroatoms. The minimum absolute atomic E-state index is 0.209. The predicted molar refractivity (Wildman–Crippen MR) is 98.0 cm³/mol. The number of piperazine rings is 1. The molecule has 1 unspecified atom stereocenters. The van der Waals surface area contributed by atoms with Gasteiger partial charge in [0.25, 0.3) is 0 Å². The lowest BCUT2D eigenvalue weighted by Crippen LogP contribution is -2.50. The number of carbonyl (C=O) groups excluding carboxylic acids is 1. The Labute approximate surface area is 150 Å².